The van der Waals surface area contributed by atoms with Crippen LogP contribution in [0.1, 0.15) is 48.0 Å². The molecule has 16 heavy (non-hydrogen) atoms. The number of carbonyl (C=O) groups is 1. The first-order chi connectivity index (χ1) is 7.16. The van der Waals surface area contributed by atoms with E-state index in [-0.39, 0.29) is 30.0 Å². The van der Waals surface area contributed by atoms with E-state index in [9.17, 15) is 4.79 Å². The van der Waals surface area contributed by atoms with E-state index < -0.39 is 0 Å². The van der Waals surface area contributed by atoms with E-state index in [4.69, 9.17) is 9.31 Å². The number of hydrogen-bond donors (Lipinski definition) is 0. The Labute approximate surface area is 99.0 Å². The topological polar surface area (TPSA) is 35.5 Å². The molecule has 1 aliphatic heterocycles. The van der Waals surface area contributed by atoms with E-state index in [2.05, 4.69) is 0 Å². The van der Waals surface area contributed by atoms with Gasteiger partial charge in [0.25, 0.3) is 0 Å². The van der Waals surface area contributed by atoms with Crippen molar-refractivity contribution in [1.29, 1.82) is 0 Å². The Morgan fingerprint density at radius 2 is 1.56 bits per heavy atom. The van der Waals surface area contributed by atoms with Crippen LogP contribution in [0.4, 0.5) is 0 Å². The molecule has 0 aromatic carbocycles. The van der Waals surface area contributed by atoms with Gasteiger partial charge in [0.05, 0.1) is 11.2 Å². The molecule has 0 N–H and O–H groups in total. The van der Waals surface area contributed by atoms with Gasteiger partial charge in [0.1, 0.15) is 5.78 Å². The Bertz CT molecular complexity index is 255. The summed E-state index contributed by atoms with van der Waals surface area (Å²) >= 11 is 0. The molecule has 0 spiro atoms. The lowest BCUT2D eigenvalue weighted by molar-refractivity contribution is -0.121. The molecule has 1 heterocycles. The van der Waals surface area contributed by atoms with Gasteiger partial charge >= 0.3 is 7.12 Å². The third-order valence-electron chi connectivity index (χ3n) is 3.57. The summed E-state index contributed by atoms with van der Waals surface area (Å²) in [4.78, 5) is 11.5. The molecule has 1 aliphatic rings. The number of Topliss-reactive ketones (excluding diaryl/α,β-unsaturated/α-hetero) is 1. The van der Waals surface area contributed by atoms with Crippen LogP contribution in [0.25, 0.3) is 0 Å². The van der Waals surface area contributed by atoms with E-state index in [1.165, 1.54) is 0 Å². The third kappa shape index (κ3) is 2.86. The Kier molecular flexibility index (Phi) is 3.85. The summed E-state index contributed by atoms with van der Waals surface area (Å²) in [7, 11) is -0.243. The lowest BCUT2D eigenvalue weighted by atomic mass is 9.81. The summed E-state index contributed by atoms with van der Waals surface area (Å²) in [5.74, 6) is 0.372. The second kappa shape index (κ2) is 4.50. The van der Waals surface area contributed by atoms with Gasteiger partial charge in [-0.1, -0.05) is 13.8 Å². The standard InChI is InChI=1S/C12H23BO3/c1-9(2)10(14)7-8-13-15-11(3,4)12(5,6)16-13/h9H,7-8H2,1-6H3. The van der Waals surface area contributed by atoms with Gasteiger partial charge in [-0.05, 0) is 34.0 Å². The van der Waals surface area contributed by atoms with Crippen molar-refractivity contribution in [1.82, 2.24) is 0 Å². The first kappa shape index (κ1) is 13.7. The van der Waals surface area contributed by atoms with E-state index in [1.54, 1.807) is 0 Å². The monoisotopic (exact) mass is 226 g/mol. The van der Waals surface area contributed by atoms with Crippen LogP contribution < -0.4 is 0 Å². The van der Waals surface area contributed by atoms with E-state index in [1.807, 2.05) is 41.5 Å². The van der Waals surface area contributed by atoms with Crippen molar-refractivity contribution in [2.45, 2.75) is 65.5 Å². The van der Waals surface area contributed by atoms with Crippen molar-refractivity contribution in [3.8, 4) is 0 Å². The fourth-order valence-corrected chi connectivity index (χ4v) is 1.63. The van der Waals surface area contributed by atoms with Crippen molar-refractivity contribution in [3.05, 3.63) is 0 Å². The average molecular weight is 226 g/mol. The number of ketones is 1. The van der Waals surface area contributed by atoms with Gasteiger partial charge in [-0.2, -0.15) is 0 Å². The summed E-state index contributed by atoms with van der Waals surface area (Å²) in [5, 5.41) is 0. The molecule has 0 saturated carbocycles. The van der Waals surface area contributed by atoms with Crippen molar-refractivity contribution < 1.29 is 14.1 Å². The zero-order valence-electron chi connectivity index (χ0n) is 11.3. The van der Waals surface area contributed by atoms with E-state index in [0.717, 1.165) is 0 Å². The molecule has 0 unspecified atom stereocenters. The van der Waals surface area contributed by atoms with Crippen LogP contribution in [0.15, 0.2) is 0 Å². The molecule has 0 aromatic heterocycles. The Morgan fingerprint density at radius 3 is 1.94 bits per heavy atom. The largest absolute Gasteiger partial charge is 0.458 e. The molecule has 0 bridgehead atoms. The van der Waals surface area contributed by atoms with Crippen LogP contribution >= 0.6 is 0 Å². The maximum atomic E-state index is 11.5. The smallest absolute Gasteiger partial charge is 0.403 e. The molecule has 1 rings (SSSR count). The fourth-order valence-electron chi connectivity index (χ4n) is 1.63. The van der Waals surface area contributed by atoms with Gasteiger partial charge in [-0.25, -0.2) is 0 Å². The van der Waals surface area contributed by atoms with Gasteiger partial charge in [0, 0.05) is 12.3 Å². The molecule has 1 saturated heterocycles. The molecule has 0 radical (unpaired) electrons. The lowest BCUT2D eigenvalue weighted by Gasteiger charge is -2.32. The average Bonchev–Trinajstić information content (AvgIpc) is 2.31. The van der Waals surface area contributed by atoms with Crippen LogP contribution in [-0.4, -0.2) is 24.1 Å². The molecule has 3 nitrogen and oxygen atoms in total. The molecule has 0 aliphatic carbocycles. The second-order valence-electron chi connectivity index (χ2n) is 5.85. The van der Waals surface area contributed by atoms with Crippen LogP contribution in [0.2, 0.25) is 6.32 Å². The molecular formula is C12H23BO3. The normalized spacial score (nSPS) is 22.8. The fraction of sp³-hybridized carbons (Fsp3) is 0.917. The Hall–Kier alpha value is -0.345. The molecule has 0 amide bonds. The predicted octanol–water partition coefficient (Wildman–Crippen LogP) is 2.69. The number of rotatable bonds is 4. The summed E-state index contributed by atoms with van der Waals surface area (Å²) in [5.41, 5.74) is -0.586. The van der Waals surface area contributed by atoms with Crippen LogP contribution in [0.5, 0.6) is 0 Å². The van der Waals surface area contributed by atoms with Gasteiger partial charge in [0.2, 0.25) is 0 Å². The van der Waals surface area contributed by atoms with Crippen molar-refractivity contribution in [2.75, 3.05) is 0 Å². The minimum absolute atomic E-state index is 0.0995. The van der Waals surface area contributed by atoms with Gasteiger partial charge < -0.3 is 9.31 Å². The summed E-state index contributed by atoms with van der Waals surface area (Å²) < 4.78 is 11.6. The summed E-state index contributed by atoms with van der Waals surface area (Å²) in [6, 6.07) is 0. The quantitative estimate of drug-likeness (QED) is 0.691. The lowest BCUT2D eigenvalue weighted by Crippen LogP contribution is -2.41. The van der Waals surface area contributed by atoms with Crippen molar-refractivity contribution in [2.24, 2.45) is 5.92 Å². The molecule has 0 atom stereocenters. The molecular weight excluding hydrogens is 203 g/mol. The highest BCUT2D eigenvalue weighted by Crippen LogP contribution is 2.37. The molecule has 92 valence electrons. The summed E-state index contributed by atoms with van der Waals surface area (Å²) in [6.45, 7) is 11.9. The summed E-state index contributed by atoms with van der Waals surface area (Å²) in [6.07, 6.45) is 1.19. The molecule has 0 aromatic rings. The highest BCUT2D eigenvalue weighted by atomic mass is 16.7. The van der Waals surface area contributed by atoms with Crippen molar-refractivity contribution in [3.63, 3.8) is 0 Å². The zero-order valence-corrected chi connectivity index (χ0v) is 11.3. The van der Waals surface area contributed by atoms with E-state index in [0.29, 0.717) is 12.7 Å². The minimum atomic E-state index is -0.293. The highest BCUT2D eigenvalue weighted by Gasteiger charge is 2.50. The van der Waals surface area contributed by atoms with Crippen LogP contribution in [-0.2, 0) is 14.1 Å². The SMILES string of the molecule is CC(C)C(=O)CCB1OC(C)(C)C(C)(C)O1. The van der Waals surface area contributed by atoms with Crippen molar-refractivity contribution >= 4 is 12.9 Å². The first-order valence-electron chi connectivity index (χ1n) is 6.04. The maximum absolute atomic E-state index is 11.5. The van der Waals surface area contributed by atoms with Crippen LogP contribution in [0, 0.1) is 5.92 Å². The van der Waals surface area contributed by atoms with Gasteiger partial charge in [0.15, 0.2) is 0 Å². The Morgan fingerprint density at radius 1 is 1.12 bits per heavy atom. The minimum Gasteiger partial charge on any atom is -0.403 e. The van der Waals surface area contributed by atoms with Crippen LogP contribution in [0.3, 0.4) is 0 Å². The molecule has 1 fully saturated rings. The number of carbonyl (C=O) groups excluding carboxylic acids is 1. The predicted molar refractivity (Wildman–Crippen MR) is 65.4 cm³/mol. The number of hydrogen-bond acceptors (Lipinski definition) is 3. The Balaban J connectivity index is 2.46. The van der Waals surface area contributed by atoms with Gasteiger partial charge in [-0.3, -0.25) is 4.79 Å². The van der Waals surface area contributed by atoms with E-state index >= 15 is 0 Å². The first-order valence-corrected chi connectivity index (χ1v) is 6.04. The molecule has 4 heteroatoms. The maximum Gasteiger partial charge on any atom is 0.458 e. The zero-order chi connectivity index (χ0) is 12.6. The highest BCUT2D eigenvalue weighted by molar-refractivity contribution is 6.45. The third-order valence-corrected chi connectivity index (χ3v) is 3.57. The second-order valence-corrected chi connectivity index (χ2v) is 5.85. The van der Waals surface area contributed by atoms with Gasteiger partial charge in [-0.15, -0.1) is 0 Å².